The van der Waals surface area contributed by atoms with Crippen molar-refractivity contribution >= 4 is 18.2 Å². The van der Waals surface area contributed by atoms with Crippen molar-refractivity contribution in [2.24, 2.45) is 5.10 Å². The summed E-state index contributed by atoms with van der Waals surface area (Å²) in [5.74, 6) is 0.705. The largest absolute Gasteiger partial charge is 0.508 e. The Morgan fingerprint density at radius 2 is 2.07 bits per heavy atom. The van der Waals surface area contributed by atoms with Crippen molar-refractivity contribution in [2.45, 2.75) is 45.4 Å². The molecule has 1 aromatic heterocycles. The lowest BCUT2D eigenvalue weighted by Gasteiger charge is -2.28. The lowest BCUT2D eigenvalue weighted by molar-refractivity contribution is -0.129. The number of rotatable bonds is 3. The highest BCUT2D eigenvalue weighted by molar-refractivity contribution is 6.06. The number of hydrogen-bond donors (Lipinski definition) is 1. The predicted octanol–water partition coefficient (Wildman–Crippen LogP) is 1.56. The summed E-state index contributed by atoms with van der Waals surface area (Å²) in [6, 6.07) is 3.88. The number of hydrogen-bond acceptors (Lipinski definition) is 7. The number of urea groups is 1. The van der Waals surface area contributed by atoms with E-state index in [2.05, 4.69) is 10.3 Å². The molecular weight excluding hydrogens is 374 g/mol. The Kier molecular flexibility index (Phi) is 3.87. The normalized spacial score (nSPS) is 23.2. The highest BCUT2D eigenvalue weighted by Gasteiger charge is 2.50. The Labute approximate surface area is 167 Å². The second-order valence-electron chi connectivity index (χ2n) is 7.77. The number of phenolic OH excluding ortho intramolecular Hbond substituents is 1. The van der Waals surface area contributed by atoms with Crippen LogP contribution in [0.1, 0.15) is 28.1 Å². The van der Waals surface area contributed by atoms with Gasteiger partial charge in [-0.25, -0.2) is 4.79 Å². The van der Waals surface area contributed by atoms with Crippen LogP contribution in [0.15, 0.2) is 27.8 Å². The van der Waals surface area contributed by atoms with Crippen LogP contribution in [0.3, 0.4) is 0 Å². The van der Waals surface area contributed by atoms with Gasteiger partial charge in [-0.3, -0.25) is 14.7 Å². The van der Waals surface area contributed by atoms with Gasteiger partial charge in [0, 0.05) is 24.7 Å². The number of aryl methyl sites for hydroxylation is 2. The first-order chi connectivity index (χ1) is 13.9. The van der Waals surface area contributed by atoms with Gasteiger partial charge in [-0.05, 0) is 37.1 Å². The Morgan fingerprint density at radius 1 is 1.24 bits per heavy atom. The summed E-state index contributed by atoms with van der Waals surface area (Å²) >= 11 is 0. The van der Waals surface area contributed by atoms with Crippen molar-refractivity contribution < 1.29 is 19.2 Å². The van der Waals surface area contributed by atoms with Gasteiger partial charge in [0.15, 0.2) is 0 Å². The standard InChI is InChI=1S/C20H21N5O4/c1-11-17(12(2)29-22-11)10-23-9-15(7-21-23)25-19(27)18-6-14-5-16(26)4-3-13(14)8-24(18)20(25)28/h3-5,7,15,18,26H,6,8-10H2,1-2H3. The number of carbonyl (C=O) groups excluding carboxylic acids is 2. The van der Waals surface area contributed by atoms with Crippen molar-refractivity contribution in [1.29, 1.82) is 0 Å². The molecule has 4 heterocycles. The van der Waals surface area contributed by atoms with Crippen molar-refractivity contribution in [3.63, 3.8) is 0 Å². The lowest BCUT2D eigenvalue weighted by Crippen LogP contribution is -2.44. The number of fused-ring (bicyclic) bond motifs is 2. The van der Waals surface area contributed by atoms with Crippen LogP contribution in [0.5, 0.6) is 5.75 Å². The number of phenols is 1. The fraction of sp³-hybridized carbons (Fsp3) is 0.400. The van der Waals surface area contributed by atoms with Crippen LogP contribution >= 0.6 is 0 Å². The van der Waals surface area contributed by atoms with Crippen LogP contribution in [0.4, 0.5) is 4.79 Å². The highest BCUT2D eigenvalue weighted by Crippen LogP contribution is 2.33. The quantitative estimate of drug-likeness (QED) is 0.792. The van der Waals surface area contributed by atoms with Crippen LogP contribution in [0, 0.1) is 13.8 Å². The second-order valence-corrected chi connectivity index (χ2v) is 7.77. The molecule has 0 aliphatic carbocycles. The average Bonchev–Trinajstić information content (AvgIpc) is 3.34. The van der Waals surface area contributed by atoms with E-state index in [0.717, 1.165) is 28.1 Å². The van der Waals surface area contributed by atoms with E-state index in [1.807, 2.05) is 24.9 Å². The molecule has 9 nitrogen and oxygen atoms in total. The van der Waals surface area contributed by atoms with E-state index in [4.69, 9.17) is 4.52 Å². The van der Waals surface area contributed by atoms with Crippen molar-refractivity contribution in [3.8, 4) is 5.75 Å². The van der Waals surface area contributed by atoms with Gasteiger partial charge in [-0.2, -0.15) is 5.10 Å². The van der Waals surface area contributed by atoms with Crippen LogP contribution < -0.4 is 0 Å². The lowest BCUT2D eigenvalue weighted by atomic mass is 9.94. The summed E-state index contributed by atoms with van der Waals surface area (Å²) in [7, 11) is 0. The summed E-state index contributed by atoms with van der Waals surface area (Å²) in [5, 5.41) is 19.9. The summed E-state index contributed by atoms with van der Waals surface area (Å²) in [4.78, 5) is 29.0. The summed E-state index contributed by atoms with van der Waals surface area (Å²) < 4.78 is 5.20. The molecule has 2 atom stereocenters. The molecule has 29 heavy (non-hydrogen) atoms. The third kappa shape index (κ3) is 2.76. The molecule has 3 aliphatic heterocycles. The van der Waals surface area contributed by atoms with Crippen LogP contribution in [-0.4, -0.2) is 61.9 Å². The number of aromatic nitrogens is 1. The van der Waals surface area contributed by atoms with Gasteiger partial charge < -0.3 is 14.5 Å². The first kappa shape index (κ1) is 17.7. The maximum Gasteiger partial charge on any atom is 0.328 e. The molecule has 0 spiro atoms. The van der Waals surface area contributed by atoms with E-state index in [1.165, 1.54) is 4.90 Å². The number of imide groups is 1. The molecule has 150 valence electrons. The van der Waals surface area contributed by atoms with E-state index in [1.54, 1.807) is 23.2 Å². The smallest absolute Gasteiger partial charge is 0.328 e. The maximum atomic E-state index is 13.1. The Bertz CT molecular complexity index is 1030. The van der Waals surface area contributed by atoms with Gasteiger partial charge in [0.05, 0.1) is 24.8 Å². The molecule has 3 aliphatic rings. The van der Waals surface area contributed by atoms with Crippen LogP contribution in [0.25, 0.3) is 0 Å². The fourth-order valence-electron chi connectivity index (χ4n) is 4.33. The molecule has 1 N–H and O–H groups in total. The first-order valence-corrected chi connectivity index (χ1v) is 9.57. The molecule has 2 aromatic rings. The molecule has 2 unspecified atom stereocenters. The Balaban J connectivity index is 1.33. The Hall–Kier alpha value is -3.36. The number of benzene rings is 1. The summed E-state index contributed by atoms with van der Waals surface area (Å²) in [6.45, 7) is 5.06. The predicted molar refractivity (Wildman–Crippen MR) is 102 cm³/mol. The number of amides is 3. The van der Waals surface area contributed by atoms with E-state index in [9.17, 15) is 14.7 Å². The summed E-state index contributed by atoms with van der Waals surface area (Å²) in [5.41, 5.74) is 3.65. The zero-order valence-corrected chi connectivity index (χ0v) is 16.2. The van der Waals surface area contributed by atoms with E-state index >= 15 is 0 Å². The van der Waals surface area contributed by atoms with E-state index in [-0.39, 0.29) is 17.7 Å². The van der Waals surface area contributed by atoms with Crippen molar-refractivity contribution in [2.75, 3.05) is 6.54 Å². The molecule has 5 rings (SSSR count). The fourth-order valence-corrected chi connectivity index (χ4v) is 4.33. The van der Waals surface area contributed by atoms with Crippen LogP contribution in [0.2, 0.25) is 0 Å². The molecule has 0 radical (unpaired) electrons. The topological polar surface area (TPSA) is 102 Å². The highest BCUT2D eigenvalue weighted by atomic mass is 16.5. The van der Waals surface area contributed by atoms with Gasteiger partial charge in [0.2, 0.25) is 0 Å². The third-order valence-electron chi connectivity index (χ3n) is 5.95. The molecular formula is C20H21N5O4. The zero-order chi connectivity index (χ0) is 20.3. The number of hydrazone groups is 1. The Morgan fingerprint density at radius 3 is 2.83 bits per heavy atom. The number of nitrogens with zero attached hydrogens (tertiary/aromatic N) is 5. The second kappa shape index (κ2) is 6.33. The van der Waals surface area contributed by atoms with Crippen molar-refractivity contribution in [3.05, 3.63) is 46.3 Å². The minimum absolute atomic E-state index is 0.170. The monoisotopic (exact) mass is 395 g/mol. The number of aromatic hydroxyl groups is 1. The van der Waals surface area contributed by atoms with Gasteiger partial charge >= 0.3 is 6.03 Å². The molecule has 1 saturated heterocycles. The van der Waals surface area contributed by atoms with E-state index < -0.39 is 12.1 Å². The van der Waals surface area contributed by atoms with Crippen molar-refractivity contribution in [1.82, 2.24) is 20.0 Å². The molecule has 0 saturated carbocycles. The first-order valence-electron chi connectivity index (χ1n) is 9.57. The molecule has 9 heteroatoms. The minimum atomic E-state index is -0.526. The average molecular weight is 395 g/mol. The van der Waals surface area contributed by atoms with Gasteiger partial charge in [-0.1, -0.05) is 11.2 Å². The number of carbonyl (C=O) groups is 2. The van der Waals surface area contributed by atoms with Crippen LogP contribution in [-0.2, 0) is 24.3 Å². The SMILES string of the molecule is Cc1noc(C)c1CN1CC(N2C(=O)C3Cc4cc(O)ccc4CN3C2=O)C=N1. The molecule has 0 bridgehead atoms. The third-order valence-corrected chi connectivity index (χ3v) is 5.95. The van der Waals surface area contributed by atoms with Gasteiger partial charge in [0.25, 0.3) is 5.91 Å². The van der Waals surface area contributed by atoms with Gasteiger partial charge in [-0.15, -0.1) is 0 Å². The molecule has 1 aromatic carbocycles. The van der Waals surface area contributed by atoms with Gasteiger partial charge in [0.1, 0.15) is 17.6 Å². The molecule has 1 fully saturated rings. The zero-order valence-electron chi connectivity index (χ0n) is 16.2. The molecule has 3 amide bonds. The minimum Gasteiger partial charge on any atom is -0.508 e. The maximum absolute atomic E-state index is 13.1. The summed E-state index contributed by atoms with van der Waals surface area (Å²) in [6.07, 6.45) is 2.07. The van der Waals surface area contributed by atoms with E-state index in [0.29, 0.717) is 26.1 Å².